The van der Waals surface area contributed by atoms with Crippen molar-refractivity contribution in [2.75, 3.05) is 11.9 Å². The molecule has 0 fully saturated rings. The lowest BCUT2D eigenvalue weighted by atomic mass is 10.2. The molecule has 0 spiro atoms. The van der Waals surface area contributed by atoms with Gasteiger partial charge in [0.2, 0.25) is 5.91 Å². The first-order chi connectivity index (χ1) is 16.1. The van der Waals surface area contributed by atoms with Crippen LogP contribution in [-0.4, -0.2) is 42.8 Å². The summed E-state index contributed by atoms with van der Waals surface area (Å²) in [6, 6.07) is 15.7. The Kier molecular flexibility index (Phi) is 5.21. The highest BCUT2D eigenvalue weighted by molar-refractivity contribution is 6.06. The third kappa shape index (κ3) is 3.67. The number of aryl methyl sites for hydroxylation is 2. The number of anilines is 1. The van der Waals surface area contributed by atoms with Crippen molar-refractivity contribution in [3.8, 4) is 0 Å². The van der Waals surface area contributed by atoms with Crippen molar-refractivity contribution in [3.05, 3.63) is 60.3 Å². The Morgan fingerprint density at radius 3 is 2.55 bits per heavy atom. The van der Waals surface area contributed by atoms with Gasteiger partial charge in [0, 0.05) is 25.4 Å². The molecule has 0 atom stereocenters. The summed E-state index contributed by atoms with van der Waals surface area (Å²) in [6.07, 6.45) is 1.57. The van der Waals surface area contributed by atoms with Crippen molar-refractivity contribution in [1.29, 1.82) is 0 Å². The lowest BCUT2D eigenvalue weighted by Crippen LogP contribution is -2.19. The highest BCUT2D eigenvalue weighted by Gasteiger charge is 2.20. The van der Waals surface area contributed by atoms with Crippen LogP contribution in [0.5, 0.6) is 0 Å². The molecule has 1 amide bonds. The van der Waals surface area contributed by atoms with E-state index in [2.05, 4.69) is 10.4 Å². The van der Waals surface area contributed by atoms with Gasteiger partial charge in [-0.3, -0.25) is 9.48 Å². The summed E-state index contributed by atoms with van der Waals surface area (Å²) in [5.41, 5.74) is 4.35. The van der Waals surface area contributed by atoms with E-state index < -0.39 is 5.97 Å². The Morgan fingerprint density at radius 2 is 1.76 bits per heavy atom. The minimum atomic E-state index is -0.523. The Morgan fingerprint density at radius 1 is 1.03 bits per heavy atom. The quantitative estimate of drug-likeness (QED) is 0.402. The van der Waals surface area contributed by atoms with Crippen molar-refractivity contribution < 1.29 is 14.3 Å². The average Bonchev–Trinajstić information content (AvgIpc) is 3.33. The van der Waals surface area contributed by atoms with Crippen molar-refractivity contribution in [2.45, 2.75) is 19.9 Å². The Hall–Kier alpha value is -4.27. The number of aromatic nitrogens is 5. The second-order valence-electron chi connectivity index (χ2n) is 7.60. The van der Waals surface area contributed by atoms with Crippen LogP contribution >= 0.6 is 0 Å². The van der Waals surface area contributed by atoms with Crippen LogP contribution < -0.4 is 5.32 Å². The second-order valence-corrected chi connectivity index (χ2v) is 7.60. The fourth-order valence-corrected chi connectivity index (χ4v) is 3.96. The summed E-state index contributed by atoms with van der Waals surface area (Å²) in [7, 11) is 1.66. The normalized spacial score (nSPS) is 11.3. The van der Waals surface area contributed by atoms with Crippen LogP contribution in [0.15, 0.2) is 54.7 Å². The van der Waals surface area contributed by atoms with Gasteiger partial charge in [-0.05, 0) is 25.1 Å². The SMILES string of the molecule is CCOC(=O)c1cnn(C)c1NC(=O)CCn1c2ccccc2c2nc3ccccc3nc21. The first-order valence-electron chi connectivity index (χ1n) is 10.7. The summed E-state index contributed by atoms with van der Waals surface area (Å²) in [6.45, 7) is 2.37. The number of ether oxygens (including phenoxy) is 1. The number of benzene rings is 2. The molecule has 0 aliphatic rings. The third-order valence-electron chi connectivity index (χ3n) is 5.51. The largest absolute Gasteiger partial charge is 0.462 e. The molecule has 0 radical (unpaired) electrons. The van der Waals surface area contributed by atoms with Crippen LogP contribution in [0.4, 0.5) is 5.82 Å². The zero-order valence-electron chi connectivity index (χ0n) is 18.3. The Balaban J connectivity index is 1.45. The number of amides is 1. The molecule has 9 heteroatoms. The molecule has 5 aromatic rings. The lowest BCUT2D eigenvalue weighted by molar-refractivity contribution is -0.116. The highest BCUT2D eigenvalue weighted by Crippen LogP contribution is 2.28. The smallest absolute Gasteiger partial charge is 0.343 e. The van der Waals surface area contributed by atoms with Gasteiger partial charge in [-0.1, -0.05) is 30.3 Å². The lowest BCUT2D eigenvalue weighted by Gasteiger charge is -2.10. The first-order valence-corrected chi connectivity index (χ1v) is 10.7. The zero-order valence-corrected chi connectivity index (χ0v) is 18.3. The maximum atomic E-state index is 12.8. The predicted molar refractivity (Wildman–Crippen MR) is 125 cm³/mol. The fourth-order valence-electron chi connectivity index (χ4n) is 3.96. The van der Waals surface area contributed by atoms with E-state index in [1.54, 1.807) is 14.0 Å². The molecular weight excluding hydrogens is 420 g/mol. The van der Waals surface area contributed by atoms with Crippen LogP contribution in [0.25, 0.3) is 33.1 Å². The van der Waals surface area contributed by atoms with E-state index in [-0.39, 0.29) is 24.5 Å². The number of carbonyl (C=O) groups is 2. The molecule has 3 aromatic heterocycles. The van der Waals surface area contributed by atoms with Gasteiger partial charge in [-0.2, -0.15) is 5.10 Å². The number of carbonyl (C=O) groups excluding carboxylic acids is 2. The molecule has 9 nitrogen and oxygen atoms in total. The Labute approximate surface area is 189 Å². The molecule has 166 valence electrons. The van der Waals surface area contributed by atoms with E-state index in [0.29, 0.717) is 12.4 Å². The van der Waals surface area contributed by atoms with Crippen LogP contribution in [0, 0.1) is 0 Å². The van der Waals surface area contributed by atoms with Gasteiger partial charge < -0.3 is 14.6 Å². The molecule has 0 aliphatic carbocycles. The molecule has 0 bridgehead atoms. The summed E-state index contributed by atoms with van der Waals surface area (Å²) >= 11 is 0. The van der Waals surface area contributed by atoms with Gasteiger partial charge in [0.15, 0.2) is 5.65 Å². The fraction of sp³-hybridized carbons (Fsp3) is 0.208. The highest BCUT2D eigenvalue weighted by atomic mass is 16.5. The molecule has 0 unspecified atom stereocenters. The standard InChI is InChI=1S/C24H22N6O3/c1-3-33-24(32)16-14-25-29(2)22(16)28-20(31)12-13-30-19-11-7-4-8-15(19)21-23(30)27-18-10-6-5-9-17(18)26-21/h4-11,14H,3,12-13H2,1-2H3,(H,28,31). The maximum absolute atomic E-state index is 12.8. The van der Waals surface area contributed by atoms with Gasteiger partial charge in [0.05, 0.1) is 29.4 Å². The van der Waals surface area contributed by atoms with Crippen LogP contribution in [0.2, 0.25) is 0 Å². The van der Waals surface area contributed by atoms with Crippen molar-refractivity contribution in [1.82, 2.24) is 24.3 Å². The second kappa shape index (κ2) is 8.34. The molecule has 1 N–H and O–H groups in total. The van der Waals surface area contributed by atoms with Crippen LogP contribution in [0.3, 0.4) is 0 Å². The predicted octanol–water partition coefficient (Wildman–Crippen LogP) is 3.68. The molecule has 0 aliphatic heterocycles. The zero-order chi connectivity index (χ0) is 22.9. The van der Waals surface area contributed by atoms with Crippen LogP contribution in [0.1, 0.15) is 23.7 Å². The number of nitrogens with zero attached hydrogens (tertiary/aromatic N) is 5. The van der Waals surface area contributed by atoms with E-state index in [4.69, 9.17) is 14.7 Å². The summed E-state index contributed by atoms with van der Waals surface area (Å²) in [5.74, 6) is -0.458. The van der Waals surface area contributed by atoms with Gasteiger partial charge in [0.1, 0.15) is 16.9 Å². The third-order valence-corrected chi connectivity index (χ3v) is 5.51. The molecule has 5 rings (SSSR count). The summed E-state index contributed by atoms with van der Waals surface area (Å²) in [5, 5.41) is 7.86. The number of para-hydroxylation sites is 3. The molecular formula is C24H22N6O3. The number of nitrogens with one attached hydrogen (secondary N) is 1. The van der Waals surface area contributed by atoms with Crippen molar-refractivity contribution in [2.24, 2.45) is 7.05 Å². The molecule has 2 aromatic carbocycles. The number of rotatable bonds is 6. The van der Waals surface area contributed by atoms with E-state index in [1.807, 2.05) is 53.1 Å². The van der Waals surface area contributed by atoms with E-state index in [0.717, 1.165) is 33.1 Å². The van der Waals surface area contributed by atoms with Gasteiger partial charge in [-0.25, -0.2) is 14.8 Å². The number of fused-ring (bicyclic) bond motifs is 4. The van der Waals surface area contributed by atoms with Crippen LogP contribution in [-0.2, 0) is 23.1 Å². The molecule has 3 heterocycles. The Bertz CT molecular complexity index is 1520. The van der Waals surface area contributed by atoms with Gasteiger partial charge >= 0.3 is 5.97 Å². The molecule has 33 heavy (non-hydrogen) atoms. The average molecular weight is 442 g/mol. The topological polar surface area (TPSA) is 104 Å². The van der Waals surface area contributed by atoms with Crippen molar-refractivity contribution in [3.63, 3.8) is 0 Å². The van der Waals surface area contributed by atoms with E-state index in [9.17, 15) is 9.59 Å². The molecule has 0 saturated carbocycles. The maximum Gasteiger partial charge on any atom is 0.343 e. The first kappa shape index (κ1) is 20.6. The van der Waals surface area contributed by atoms with E-state index >= 15 is 0 Å². The van der Waals surface area contributed by atoms with Gasteiger partial charge in [0.25, 0.3) is 0 Å². The van der Waals surface area contributed by atoms with E-state index in [1.165, 1.54) is 10.9 Å². The summed E-state index contributed by atoms with van der Waals surface area (Å²) in [4.78, 5) is 34.6. The monoisotopic (exact) mass is 442 g/mol. The minimum Gasteiger partial charge on any atom is -0.462 e. The van der Waals surface area contributed by atoms with Crippen molar-refractivity contribution >= 4 is 50.8 Å². The molecule has 0 saturated heterocycles. The number of hydrogen-bond acceptors (Lipinski definition) is 6. The summed E-state index contributed by atoms with van der Waals surface area (Å²) < 4.78 is 8.51. The number of esters is 1. The van der Waals surface area contributed by atoms with Gasteiger partial charge in [-0.15, -0.1) is 0 Å². The number of hydrogen-bond donors (Lipinski definition) is 1. The minimum absolute atomic E-state index is 0.176.